The second-order valence-electron chi connectivity index (χ2n) is 5.55. The first-order chi connectivity index (χ1) is 9.73. The molecule has 1 aliphatic heterocycles. The van der Waals surface area contributed by atoms with E-state index in [9.17, 15) is 17.6 Å². The van der Waals surface area contributed by atoms with E-state index in [2.05, 4.69) is 6.92 Å². The molecule has 7 heteroatoms. The number of hydrogen-bond acceptors (Lipinski definition) is 3. The first kappa shape index (κ1) is 15.9. The maximum Gasteiger partial charge on any atom is 0.337 e. The van der Waals surface area contributed by atoms with Gasteiger partial charge in [-0.1, -0.05) is 13.8 Å². The van der Waals surface area contributed by atoms with Crippen LogP contribution >= 0.6 is 0 Å². The van der Waals surface area contributed by atoms with Gasteiger partial charge in [0.25, 0.3) is 0 Å². The third-order valence-electron chi connectivity index (χ3n) is 4.09. The zero-order valence-corrected chi connectivity index (χ0v) is 12.7. The van der Waals surface area contributed by atoms with Crippen LogP contribution in [0.15, 0.2) is 23.1 Å². The number of halogens is 1. The Bertz CT molecular complexity index is 659. The topological polar surface area (TPSA) is 74.7 Å². The number of benzene rings is 1. The number of aromatic carboxylic acids is 1. The van der Waals surface area contributed by atoms with Gasteiger partial charge in [-0.2, -0.15) is 4.31 Å². The molecule has 0 bridgehead atoms. The van der Waals surface area contributed by atoms with Gasteiger partial charge in [0, 0.05) is 13.1 Å². The molecule has 21 heavy (non-hydrogen) atoms. The smallest absolute Gasteiger partial charge is 0.337 e. The fraction of sp³-hybridized carbons (Fsp3) is 0.500. The van der Waals surface area contributed by atoms with Gasteiger partial charge in [-0.05, 0) is 36.5 Å². The number of carboxylic acid groups (broad SMARTS) is 1. The van der Waals surface area contributed by atoms with Crippen molar-refractivity contribution in [1.82, 2.24) is 4.31 Å². The van der Waals surface area contributed by atoms with Gasteiger partial charge in [0.2, 0.25) is 10.0 Å². The van der Waals surface area contributed by atoms with E-state index in [1.165, 1.54) is 4.31 Å². The van der Waals surface area contributed by atoms with Gasteiger partial charge in [-0.3, -0.25) is 0 Å². The Labute approximate surface area is 123 Å². The highest BCUT2D eigenvalue weighted by Crippen LogP contribution is 2.29. The molecule has 1 fully saturated rings. The molecule has 0 spiro atoms. The second-order valence-corrected chi connectivity index (χ2v) is 7.46. The van der Waals surface area contributed by atoms with Crippen LogP contribution in [-0.2, 0) is 10.0 Å². The quantitative estimate of drug-likeness (QED) is 0.928. The van der Waals surface area contributed by atoms with Crippen LogP contribution < -0.4 is 0 Å². The van der Waals surface area contributed by atoms with Crippen LogP contribution in [0, 0.1) is 17.7 Å². The molecular formula is C14H18FNO4S. The lowest BCUT2D eigenvalue weighted by atomic mass is 9.90. The van der Waals surface area contributed by atoms with Crippen molar-refractivity contribution in [3.8, 4) is 0 Å². The molecule has 1 heterocycles. The summed E-state index contributed by atoms with van der Waals surface area (Å²) in [4.78, 5) is 10.7. The lowest BCUT2D eigenvalue weighted by Gasteiger charge is -2.34. The van der Waals surface area contributed by atoms with Crippen molar-refractivity contribution >= 4 is 16.0 Å². The van der Waals surface area contributed by atoms with Crippen molar-refractivity contribution < 1.29 is 22.7 Å². The van der Waals surface area contributed by atoms with Crippen LogP contribution in [0.25, 0.3) is 0 Å². The SMILES string of the molecule is CC1CCN(S(=O)(=O)c2cc(F)ccc2C(=O)O)CC1C. The summed E-state index contributed by atoms with van der Waals surface area (Å²) in [6, 6.07) is 2.71. The van der Waals surface area contributed by atoms with E-state index >= 15 is 0 Å². The molecule has 0 aromatic heterocycles. The fourth-order valence-electron chi connectivity index (χ4n) is 2.47. The molecule has 0 amide bonds. The maximum atomic E-state index is 13.4. The van der Waals surface area contributed by atoms with Crippen molar-refractivity contribution in [2.75, 3.05) is 13.1 Å². The van der Waals surface area contributed by atoms with E-state index in [1.807, 2.05) is 6.92 Å². The van der Waals surface area contributed by atoms with Crippen LogP contribution in [0.1, 0.15) is 30.6 Å². The first-order valence-electron chi connectivity index (χ1n) is 6.76. The number of sulfonamides is 1. The van der Waals surface area contributed by atoms with Gasteiger partial charge in [-0.25, -0.2) is 17.6 Å². The average Bonchev–Trinajstić information content (AvgIpc) is 2.41. The van der Waals surface area contributed by atoms with Gasteiger partial charge in [0.1, 0.15) is 5.82 Å². The molecule has 116 valence electrons. The first-order valence-corrected chi connectivity index (χ1v) is 8.20. The summed E-state index contributed by atoms with van der Waals surface area (Å²) in [5.41, 5.74) is -0.400. The number of nitrogens with zero attached hydrogens (tertiary/aromatic N) is 1. The van der Waals surface area contributed by atoms with Gasteiger partial charge in [0.05, 0.1) is 10.5 Å². The average molecular weight is 315 g/mol. The number of piperidine rings is 1. The molecule has 1 aliphatic rings. The minimum Gasteiger partial charge on any atom is -0.478 e. The van der Waals surface area contributed by atoms with Crippen LogP contribution in [0.5, 0.6) is 0 Å². The standard InChI is InChI=1S/C14H18FNO4S/c1-9-5-6-16(8-10(9)2)21(19,20)13-7-11(15)3-4-12(13)14(17)18/h3-4,7,9-10H,5-6,8H2,1-2H3,(H,17,18). The molecule has 1 saturated heterocycles. The zero-order valence-electron chi connectivity index (χ0n) is 11.9. The van der Waals surface area contributed by atoms with Crippen molar-refractivity contribution in [1.29, 1.82) is 0 Å². The van der Waals surface area contributed by atoms with E-state index in [0.717, 1.165) is 18.2 Å². The Balaban J connectivity index is 2.45. The third kappa shape index (κ3) is 3.08. The highest BCUT2D eigenvalue weighted by molar-refractivity contribution is 7.89. The summed E-state index contributed by atoms with van der Waals surface area (Å²) >= 11 is 0. The zero-order chi connectivity index (χ0) is 15.8. The predicted molar refractivity (Wildman–Crippen MR) is 75.1 cm³/mol. The highest BCUT2D eigenvalue weighted by Gasteiger charge is 2.34. The summed E-state index contributed by atoms with van der Waals surface area (Å²) in [6.45, 7) is 4.65. The maximum absolute atomic E-state index is 13.4. The Morgan fingerprint density at radius 3 is 2.57 bits per heavy atom. The Hall–Kier alpha value is -1.47. The lowest BCUT2D eigenvalue weighted by molar-refractivity contribution is 0.0692. The Morgan fingerprint density at radius 1 is 1.33 bits per heavy atom. The third-order valence-corrected chi connectivity index (χ3v) is 5.99. The van der Waals surface area contributed by atoms with Crippen LogP contribution in [0.4, 0.5) is 4.39 Å². The van der Waals surface area contributed by atoms with Crippen LogP contribution in [0.2, 0.25) is 0 Å². The van der Waals surface area contributed by atoms with Gasteiger partial charge in [0.15, 0.2) is 0 Å². The van der Waals surface area contributed by atoms with Crippen molar-refractivity contribution in [3.63, 3.8) is 0 Å². The van der Waals surface area contributed by atoms with E-state index in [1.54, 1.807) is 0 Å². The Kier molecular flexibility index (Phi) is 4.34. The molecule has 1 aromatic rings. The molecular weight excluding hydrogens is 297 g/mol. The highest BCUT2D eigenvalue weighted by atomic mass is 32.2. The number of carboxylic acids is 1. The monoisotopic (exact) mass is 315 g/mol. The normalized spacial score (nSPS) is 24.0. The summed E-state index contributed by atoms with van der Waals surface area (Å²) < 4.78 is 39.8. The molecule has 5 nitrogen and oxygen atoms in total. The minimum atomic E-state index is -4.00. The number of rotatable bonds is 3. The number of hydrogen-bond donors (Lipinski definition) is 1. The molecule has 0 radical (unpaired) electrons. The van der Waals surface area contributed by atoms with Crippen molar-refractivity contribution in [2.45, 2.75) is 25.2 Å². The molecule has 2 unspecified atom stereocenters. The molecule has 1 N–H and O–H groups in total. The van der Waals surface area contributed by atoms with E-state index in [4.69, 9.17) is 5.11 Å². The summed E-state index contributed by atoms with van der Waals surface area (Å²) in [5, 5.41) is 9.11. The van der Waals surface area contributed by atoms with Gasteiger partial charge < -0.3 is 5.11 Å². The minimum absolute atomic E-state index is 0.176. The Morgan fingerprint density at radius 2 is 2.00 bits per heavy atom. The summed E-state index contributed by atoms with van der Waals surface area (Å²) in [5.74, 6) is -1.57. The molecule has 2 rings (SSSR count). The molecule has 2 atom stereocenters. The fourth-order valence-corrected chi connectivity index (χ4v) is 4.22. The van der Waals surface area contributed by atoms with Gasteiger partial charge >= 0.3 is 5.97 Å². The van der Waals surface area contributed by atoms with Crippen LogP contribution in [0.3, 0.4) is 0 Å². The number of carbonyl (C=O) groups is 1. The molecule has 1 aromatic carbocycles. The molecule has 0 aliphatic carbocycles. The largest absolute Gasteiger partial charge is 0.478 e. The second kappa shape index (κ2) is 5.73. The summed E-state index contributed by atoms with van der Waals surface area (Å²) in [7, 11) is -4.00. The molecule has 0 saturated carbocycles. The van der Waals surface area contributed by atoms with Crippen molar-refractivity contribution in [3.05, 3.63) is 29.6 Å². The van der Waals surface area contributed by atoms with Crippen LogP contribution in [-0.4, -0.2) is 36.9 Å². The van der Waals surface area contributed by atoms with E-state index in [0.29, 0.717) is 25.4 Å². The summed E-state index contributed by atoms with van der Waals surface area (Å²) in [6.07, 6.45) is 0.706. The van der Waals surface area contributed by atoms with E-state index in [-0.39, 0.29) is 5.92 Å². The van der Waals surface area contributed by atoms with Gasteiger partial charge in [-0.15, -0.1) is 0 Å². The predicted octanol–water partition coefficient (Wildman–Crippen LogP) is 2.19. The lowest BCUT2D eigenvalue weighted by Crippen LogP contribution is -2.42. The van der Waals surface area contributed by atoms with E-state index < -0.39 is 32.3 Å². The van der Waals surface area contributed by atoms with Crippen molar-refractivity contribution in [2.24, 2.45) is 11.8 Å².